The van der Waals surface area contributed by atoms with Crippen molar-refractivity contribution in [3.05, 3.63) is 139 Å². The van der Waals surface area contributed by atoms with Crippen LogP contribution in [0.3, 0.4) is 0 Å². The van der Waals surface area contributed by atoms with Gasteiger partial charge >= 0.3 is 0 Å². The first-order chi connectivity index (χ1) is 19.2. The van der Waals surface area contributed by atoms with Crippen molar-refractivity contribution in [2.75, 3.05) is 19.1 Å². The van der Waals surface area contributed by atoms with E-state index in [0.717, 1.165) is 34.1 Å². The Morgan fingerprint density at radius 2 is 0.923 bits per heavy atom. The number of methoxy groups -OCH3 is 2. The predicted molar refractivity (Wildman–Crippen MR) is 165 cm³/mol. The Morgan fingerprint density at radius 1 is 0.487 bits per heavy atom. The van der Waals surface area contributed by atoms with Crippen molar-refractivity contribution in [2.45, 2.75) is 0 Å². The molecule has 39 heavy (non-hydrogen) atoms. The fraction of sp³-hybridized carbons (Fsp3) is 0.0556. The summed E-state index contributed by atoms with van der Waals surface area (Å²) in [5.41, 5.74) is 5.54. The van der Waals surface area contributed by atoms with Gasteiger partial charge in [-0.05, 0) is 99.4 Å². The summed E-state index contributed by atoms with van der Waals surface area (Å²) in [7, 11) is 3.37. The van der Waals surface area contributed by atoms with E-state index in [1.165, 1.54) is 27.1 Å². The second-order valence-corrected chi connectivity index (χ2v) is 9.39. The van der Waals surface area contributed by atoms with Crippen molar-refractivity contribution in [2.24, 2.45) is 0 Å². The summed E-state index contributed by atoms with van der Waals surface area (Å²) in [4.78, 5) is 2.23. The van der Waals surface area contributed by atoms with Crippen molar-refractivity contribution < 1.29 is 9.47 Å². The molecule has 190 valence electrons. The molecule has 0 radical (unpaired) electrons. The van der Waals surface area contributed by atoms with Crippen LogP contribution < -0.4 is 14.4 Å². The molecule has 0 spiro atoms. The molecule has 3 heteroatoms. The van der Waals surface area contributed by atoms with Crippen LogP contribution in [-0.4, -0.2) is 14.2 Å². The molecular formula is C36H29NO2. The second kappa shape index (κ2) is 10.8. The molecule has 0 aliphatic heterocycles. The summed E-state index contributed by atoms with van der Waals surface area (Å²) in [5, 5.41) is 5.02. The van der Waals surface area contributed by atoms with Gasteiger partial charge < -0.3 is 14.4 Å². The number of fused-ring (bicyclic) bond motifs is 2. The van der Waals surface area contributed by atoms with E-state index in [9.17, 15) is 0 Å². The Hall–Kier alpha value is -5.02. The van der Waals surface area contributed by atoms with Gasteiger partial charge in [0.05, 0.1) is 14.2 Å². The Balaban J connectivity index is 1.37. The lowest BCUT2D eigenvalue weighted by Gasteiger charge is -2.26. The lowest BCUT2D eigenvalue weighted by atomic mass is 9.96. The molecule has 0 atom stereocenters. The molecule has 0 amide bonds. The van der Waals surface area contributed by atoms with Crippen LogP contribution in [0.5, 0.6) is 11.5 Å². The molecule has 0 bridgehead atoms. The number of benzene rings is 6. The molecule has 0 N–H and O–H groups in total. The second-order valence-electron chi connectivity index (χ2n) is 9.39. The molecule has 0 heterocycles. The average Bonchev–Trinajstić information content (AvgIpc) is 3.00. The van der Waals surface area contributed by atoms with Crippen molar-refractivity contribution in [3.63, 3.8) is 0 Å². The van der Waals surface area contributed by atoms with Gasteiger partial charge in [0, 0.05) is 17.1 Å². The maximum atomic E-state index is 5.38. The van der Waals surface area contributed by atoms with Crippen LogP contribution in [0.25, 0.3) is 33.7 Å². The van der Waals surface area contributed by atoms with Gasteiger partial charge in [0.25, 0.3) is 0 Å². The Morgan fingerprint density at radius 3 is 1.38 bits per heavy atom. The SMILES string of the molecule is COc1ccc(N(c2ccc(C=Cc3c4ccccc4cc4ccccc34)cc2)c2ccc(OC)cc2)cc1. The Labute approximate surface area is 229 Å². The van der Waals surface area contributed by atoms with Crippen LogP contribution in [0.15, 0.2) is 127 Å². The molecule has 0 saturated carbocycles. The topological polar surface area (TPSA) is 21.7 Å². The number of ether oxygens (including phenoxy) is 2. The summed E-state index contributed by atoms with van der Waals surface area (Å²) >= 11 is 0. The Bertz CT molecular complexity index is 1650. The van der Waals surface area contributed by atoms with Gasteiger partial charge in [0.2, 0.25) is 0 Å². The van der Waals surface area contributed by atoms with Crippen LogP contribution >= 0.6 is 0 Å². The maximum absolute atomic E-state index is 5.38. The number of hydrogen-bond acceptors (Lipinski definition) is 3. The van der Waals surface area contributed by atoms with E-state index in [-0.39, 0.29) is 0 Å². The first-order valence-electron chi connectivity index (χ1n) is 13.0. The zero-order valence-corrected chi connectivity index (χ0v) is 22.0. The minimum Gasteiger partial charge on any atom is -0.497 e. The molecule has 6 aromatic carbocycles. The highest BCUT2D eigenvalue weighted by Gasteiger charge is 2.13. The third-order valence-electron chi connectivity index (χ3n) is 7.07. The average molecular weight is 508 g/mol. The zero-order chi connectivity index (χ0) is 26.6. The smallest absolute Gasteiger partial charge is 0.119 e. The third kappa shape index (κ3) is 4.95. The summed E-state index contributed by atoms with van der Waals surface area (Å²) < 4.78 is 10.8. The molecule has 0 aromatic heterocycles. The van der Waals surface area contributed by atoms with Gasteiger partial charge in [-0.25, -0.2) is 0 Å². The van der Waals surface area contributed by atoms with E-state index in [4.69, 9.17) is 9.47 Å². The lowest BCUT2D eigenvalue weighted by molar-refractivity contribution is 0.415. The van der Waals surface area contributed by atoms with E-state index in [2.05, 4.69) is 120 Å². The van der Waals surface area contributed by atoms with E-state index in [1.807, 2.05) is 24.3 Å². The predicted octanol–water partition coefficient (Wildman–Crippen LogP) is 9.65. The number of rotatable bonds is 7. The van der Waals surface area contributed by atoms with Gasteiger partial charge in [-0.1, -0.05) is 72.8 Å². The van der Waals surface area contributed by atoms with E-state index in [1.54, 1.807) is 14.2 Å². The molecule has 0 saturated heterocycles. The lowest BCUT2D eigenvalue weighted by Crippen LogP contribution is -2.09. The van der Waals surface area contributed by atoms with Crippen LogP contribution in [0.1, 0.15) is 11.1 Å². The maximum Gasteiger partial charge on any atom is 0.119 e. The molecule has 0 aliphatic carbocycles. The van der Waals surface area contributed by atoms with Gasteiger partial charge in [0.1, 0.15) is 11.5 Å². The molecule has 3 nitrogen and oxygen atoms in total. The van der Waals surface area contributed by atoms with Crippen LogP contribution in [0.4, 0.5) is 17.1 Å². The summed E-state index contributed by atoms with van der Waals surface area (Å²) in [6, 6.07) is 44.3. The molecule has 0 fully saturated rings. The molecule has 6 rings (SSSR count). The fourth-order valence-electron chi connectivity index (χ4n) is 5.05. The highest BCUT2D eigenvalue weighted by Crippen LogP contribution is 2.36. The van der Waals surface area contributed by atoms with Crippen LogP contribution in [-0.2, 0) is 0 Å². The first kappa shape index (κ1) is 24.3. The van der Waals surface area contributed by atoms with E-state index < -0.39 is 0 Å². The van der Waals surface area contributed by atoms with Crippen molar-refractivity contribution >= 4 is 50.8 Å². The van der Waals surface area contributed by atoms with E-state index >= 15 is 0 Å². The standard InChI is InChI=1S/C36H29NO2/c1-38-32-20-16-30(17-21-32)37(31-18-22-33(39-2)23-19-31)29-14-11-26(12-15-29)13-24-36-34-9-5-3-7-27(34)25-28-8-4-6-10-35(28)36/h3-25H,1-2H3. The highest BCUT2D eigenvalue weighted by molar-refractivity contribution is 6.07. The minimum absolute atomic E-state index is 0.829. The summed E-state index contributed by atoms with van der Waals surface area (Å²) in [6.45, 7) is 0. The number of anilines is 3. The normalized spacial score (nSPS) is 11.2. The minimum atomic E-state index is 0.829. The number of nitrogens with zero attached hydrogens (tertiary/aromatic N) is 1. The zero-order valence-electron chi connectivity index (χ0n) is 22.0. The van der Waals surface area contributed by atoms with Crippen LogP contribution in [0.2, 0.25) is 0 Å². The Kier molecular flexibility index (Phi) is 6.71. The summed E-state index contributed by atoms with van der Waals surface area (Å²) in [5.74, 6) is 1.66. The van der Waals surface area contributed by atoms with Crippen molar-refractivity contribution in [1.29, 1.82) is 0 Å². The third-order valence-corrected chi connectivity index (χ3v) is 7.07. The first-order valence-corrected chi connectivity index (χ1v) is 13.0. The van der Waals surface area contributed by atoms with Crippen LogP contribution in [0, 0.1) is 0 Å². The molecular weight excluding hydrogens is 478 g/mol. The number of hydrogen-bond donors (Lipinski definition) is 0. The highest BCUT2D eigenvalue weighted by atomic mass is 16.5. The molecule has 6 aromatic rings. The van der Waals surface area contributed by atoms with Crippen molar-refractivity contribution in [1.82, 2.24) is 0 Å². The van der Waals surface area contributed by atoms with Gasteiger partial charge in [-0.3, -0.25) is 0 Å². The van der Waals surface area contributed by atoms with Gasteiger partial charge in [-0.15, -0.1) is 0 Å². The van der Waals surface area contributed by atoms with Gasteiger partial charge in [0.15, 0.2) is 0 Å². The largest absolute Gasteiger partial charge is 0.497 e. The van der Waals surface area contributed by atoms with Crippen molar-refractivity contribution in [3.8, 4) is 11.5 Å². The molecule has 0 unspecified atom stereocenters. The van der Waals surface area contributed by atoms with E-state index in [0.29, 0.717) is 0 Å². The fourth-order valence-corrected chi connectivity index (χ4v) is 5.05. The quantitative estimate of drug-likeness (QED) is 0.159. The molecule has 0 aliphatic rings. The van der Waals surface area contributed by atoms with Gasteiger partial charge in [-0.2, -0.15) is 0 Å². The monoisotopic (exact) mass is 507 g/mol. The summed E-state index contributed by atoms with van der Waals surface area (Å²) in [6.07, 6.45) is 4.44.